The molecule has 0 radical (unpaired) electrons. The third-order valence-corrected chi connectivity index (χ3v) is 7.10. The number of fused-ring (bicyclic) bond motifs is 1. The van der Waals surface area contributed by atoms with Crippen LogP contribution in [0, 0.1) is 0 Å². The second kappa shape index (κ2) is 9.45. The molecule has 0 spiro atoms. The molecule has 1 aliphatic rings. The fraction of sp³-hybridized carbons (Fsp3) is 0.346. The van der Waals surface area contributed by atoms with Crippen LogP contribution in [0.4, 0.5) is 0 Å². The maximum Gasteiger partial charge on any atom is 0.270 e. The van der Waals surface area contributed by atoms with E-state index in [1.807, 2.05) is 36.3 Å². The summed E-state index contributed by atoms with van der Waals surface area (Å²) in [5.74, 6) is -0.216. The number of amides is 1. The van der Waals surface area contributed by atoms with Gasteiger partial charge in [0.05, 0.1) is 34.4 Å². The van der Waals surface area contributed by atoms with Gasteiger partial charge in [0, 0.05) is 24.2 Å². The first-order valence-electron chi connectivity index (χ1n) is 11.5. The summed E-state index contributed by atoms with van der Waals surface area (Å²) in [5, 5.41) is 15.5. The number of aromatic nitrogens is 3. The molecule has 1 amide bonds. The third-order valence-electron chi connectivity index (χ3n) is 6.51. The van der Waals surface area contributed by atoms with E-state index in [-0.39, 0.29) is 11.9 Å². The van der Waals surface area contributed by atoms with Gasteiger partial charge in [-0.3, -0.25) is 4.79 Å². The number of aliphatic hydroxyl groups excluding tert-OH is 1. The summed E-state index contributed by atoms with van der Waals surface area (Å²) in [4.78, 5) is 22.1. The van der Waals surface area contributed by atoms with E-state index in [0.29, 0.717) is 12.1 Å². The minimum Gasteiger partial charge on any atom is -0.391 e. The van der Waals surface area contributed by atoms with Crippen molar-refractivity contribution in [2.75, 3.05) is 0 Å². The average molecular weight is 461 g/mol. The molecule has 0 aliphatic heterocycles. The van der Waals surface area contributed by atoms with Gasteiger partial charge in [0.15, 0.2) is 0 Å². The van der Waals surface area contributed by atoms with Crippen LogP contribution in [0.5, 0.6) is 0 Å². The number of nitrogens with zero attached hydrogens (tertiary/aromatic N) is 3. The minimum atomic E-state index is -0.493. The van der Waals surface area contributed by atoms with Gasteiger partial charge in [-0.15, -0.1) is 11.3 Å². The Labute approximate surface area is 197 Å². The topological polar surface area (TPSA) is 80.0 Å². The van der Waals surface area contributed by atoms with Crippen molar-refractivity contribution in [2.24, 2.45) is 7.05 Å². The first-order chi connectivity index (χ1) is 16.1. The van der Waals surface area contributed by atoms with Crippen molar-refractivity contribution in [2.45, 2.75) is 50.7 Å². The molecule has 2 N–H and O–H groups in total. The molecule has 0 unspecified atom stereocenters. The predicted octanol–water partition coefficient (Wildman–Crippen LogP) is 4.71. The molecule has 33 heavy (non-hydrogen) atoms. The van der Waals surface area contributed by atoms with Gasteiger partial charge < -0.3 is 15.0 Å². The standard InChI is InChI=1S/C26H28N4O2S/c1-30-12-11-21-25(30)19(13-17-7-9-18(10-8-17)23-15-33-16-27-23)14-22(28-21)26(32)29-20-5-3-2-4-6-24(20)31/h7-12,14-16,20,24,31H,2-6,13H2,1H3,(H,29,32)/t20-,24-/m0/s1. The first-order valence-corrected chi connectivity index (χ1v) is 12.4. The van der Waals surface area contributed by atoms with Gasteiger partial charge in [0.25, 0.3) is 5.91 Å². The fourth-order valence-corrected chi connectivity index (χ4v) is 5.27. The highest BCUT2D eigenvalue weighted by atomic mass is 32.1. The van der Waals surface area contributed by atoms with E-state index in [1.54, 1.807) is 11.3 Å². The summed E-state index contributed by atoms with van der Waals surface area (Å²) in [6.07, 6.45) is 6.85. The second-order valence-electron chi connectivity index (χ2n) is 8.86. The Morgan fingerprint density at radius 2 is 2.00 bits per heavy atom. The normalized spacial score (nSPS) is 18.8. The van der Waals surface area contributed by atoms with Gasteiger partial charge in [-0.1, -0.05) is 43.5 Å². The van der Waals surface area contributed by atoms with Crippen LogP contribution < -0.4 is 5.32 Å². The number of hydrogen-bond acceptors (Lipinski definition) is 5. The van der Waals surface area contributed by atoms with Gasteiger partial charge in [-0.2, -0.15) is 0 Å². The molecule has 0 bridgehead atoms. The van der Waals surface area contributed by atoms with Gasteiger partial charge in [-0.25, -0.2) is 9.97 Å². The molecule has 1 aromatic carbocycles. The van der Waals surface area contributed by atoms with Gasteiger partial charge in [0.2, 0.25) is 0 Å². The molecule has 1 aliphatic carbocycles. The van der Waals surface area contributed by atoms with Crippen molar-refractivity contribution >= 4 is 28.3 Å². The molecule has 0 saturated heterocycles. The van der Waals surface area contributed by atoms with Crippen LogP contribution in [-0.4, -0.2) is 37.7 Å². The molecule has 2 atom stereocenters. The molecule has 3 aromatic heterocycles. The molecule has 7 heteroatoms. The lowest BCUT2D eigenvalue weighted by Gasteiger charge is -2.21. The zero-order chi connectivity index (χ0) is 22.8. The Morgan fingerprint density at radius 1 is 1.18 bits per heavy atom. The Kier molecular flexibility index (Phi) is 6.24. The first kappa shape index (κ1) is 21.8. The lowest BCUT2D eigenvalue weighted by Crippen LogP contribution is -2.43. The monoisotopic (exact) mass is 460 g/mol. The summed E-state index contributed by atoms with van der Waals surface area (Å²) < 4.78 is 2.05. The molecular weight excluding hydrogens is 432 g/mol. The van der Waals surface area contributed by atoms with Crippen LogP contribution >= 0.6 is 11.3 Å². The number of nitrogens with one attached hydrogen (secondary N) is 1. The van der Waals surface area contributed by atoms with E-state index >= 15 is 0 Å². The highest BCUT2D eigenvalue weighted by Crippen LogP contribution is 2.25. The molecule has 5 rings (SSSR count). The van der Waals surface area contributed by atoms with E-state index in [1.165, 1.54) is 0 Å². The quantitative estimate of drug-likeness (QED) is 0.423. The largest absolute Gasteiger partial charge is 0.391 e. The van der Waals surface area contributed by atoms with Crippen molar-refractivity contribution in [3.63, 3.8) is 0 Å². The van der Waals surface area contributed by atoms with Crippen molar-refractivity contribution < 1.29 is 9.90 Å². The Morgan fingerprint density at radius 3 is 2.79 bits per heavy atom. The summed E-state index contributed by atoms with van der Waals surface area (Å²) in [6, 6.07) is 12.0. The maximum atomic E-state index is 13.1. The highest BCUT2D eigenvalue weighted by Gasteiger charge is 2.24. The maximum absolute atomic E-state index is 13.1. The molecule has 1 fully saturated rings. The third kappa shape index (κ3) is 4.70. The fourth-order valence-electron chi connectivity index (χ4n) is 4.71. The smallest absolute Gasteiger partial charge is 0.270 e. The number of hydrogen-bond donors (Lipinski definition) is 2. The van der Waals surface area contributed by atoms with E-state index in [9.17, 15) is 9.90 Å². The predicted molar refractivity (Wildman–Crippen MR) is 131 cm³/mol. The number of thiazole rings is 1. The van der Waals surface area contributed by atoms with Crippen LogP contribution in [0.2, 0.25) is 0 Å². The van der Waals surface area contributed by atoms with Crippen LogP contribution in [0.15, 0.2) is 53.5 Å². The van der Waals surface area contributed by atoms with Crippen molar-refractivity contribution in [3.05, 3.63) is 70.3 Å². The van der Waals surface area contributed by atoms with Gasteiger partial charge in [0.1, 0.15) is 5.69 Å². The minimum absolute atomic E-state index is 0.213. The average Bonchev–Trinajstić information content (AvgIpc) is 3.44. The van der Waals surface area contributed by atoms with Gasteiger partial charge >= 0.3 is 0 Å². The van der Waals surface area contributed by atoms with Gasteiger partial charge in [-0.05, 0) is 42.5 Å². The number of pyridine rings is 1. The molecule has 6 nitrogen and oxygen atoms in total. The number of aliphatic hydroxyl groups is 1. The second-order valence-corrected chi connectivity index (χ2v) is 9.58. The van der Waals surface area contributed by atoms with Crippen LogP contribution in [-0.2, 0) is 13.5 Å². The number of rotatable bonds is 5. The number of benzene rings is 1. The molecule has 170 valence electrons. The molecule has 4 aromatic rings. The number of carbonyl (C=O) groups excluding carboxylic acids is 1. The molecule has 1 saturated carbocycles. The molecular formula is C26H28N4O2S. The Balaban J connectivity index is 1.42. The van der Waals surface area contributed by atoms with Crippen LogP contribution in [0.3, 0.4) is 0 Å². The summed E-state index contributed by atoms with van der Waals surface area (Å²) in [7, 11) is 2.00. The van der Waals surface area contributed by atoms with E-state index < -0.39 is 6.10 Å². The SMILES string of the molecule is Cn1ccc2nc(C(=O)N[C@H]3CCCCC[C@@H]3O)cc(Cc3ccc(-c4cscn4)cc3)c21. The van der Waals surface area contributed by atoms with E-state index in [2.05, 4.69) is 44.1 Å². The van der Waals surface area contributed by atoms with E-state index in [4.69, 9.17) is 0 Å². The summed E-state index contributed by atoms with van der Waals surface area (Å²) in [6.45, 7) is 0. The number of carbonyl (C=O) groups is 1. The van der Waals surface area contributed by atoms with Crippen LogP contribution in [0.25, 0.3) is 22.3 Å². The summed E-state index contributed by atoms with van der Waals surface area (Å²) >= 11 is 1.59. The molecule has 3 heterocycles. The summed E-state index contributed by atoms with van der Waals surface area (Å²) in [5.41, 5.74) is 8.38. The van der Waals surface area contributed by atoms with Crippen molar-refractivity contribution in [3.8, 4) is 11.3 Å². The van der Waals surface area contributed by atoms with Crippen molar-refractivity contribution in [1.29, 1.82) is 0 Å². The lowest BCUT2D eigenvalue weighted by molar-refractivity contribution is 0.0814. The number of aryl methyl sites for hydroxylation is 1. The van der Waals surface area contributed by atoms with E-state index in [0.717, 1.165) is 65.5 Å². The van der Waals surface area contributed by atoms with Crippen LogP contribution in [0.1, 0.15) is 53.7 Å². The lowest BCUT2D eigenvalue weighted by atomic mass is 10.0. The Hall–Kier alpha value is -3.03. The zero-order valence-electron chi connectivity index (χ0n) is 18.7. The zero-order valence-corrected chi connectivity index (χ0v) is 19.5. The highest BCUT2D eigenvalue weighted by molar-refractivity contribution is 7.07. The Bertz CT molecular complexity index is 1250. The van der Waals surface area contributed by atoms with Crippen molar-refractivity contribution in [1.82, 2.24) is 19.9 Å².